The van der Waals surface area contributed by atoms with Gasteiger partial charge in [-0.2, -0.15) is 0 Å². The van der Waals surface area contributed by atoms with Gasteiger partial charge >= 0.3 is 6.09 Å². The zero-order valence-electron chi connectivity index (χ0n) is 15.3. The second-order valence-electron chi connectivity index (χ2n) is 7.58. The lowest BCUT2D eigenvalue weighted by molar-refractivity contribution is -0.124. The molecule has 0 radical (unpaired) electrons. The van der Waals surface area contributed by atoms with E-state index in [0.29, 0.717) is 12.5 Å². The van der Waals surface area contributed by atoms with Crippen molar-refractivity contribution in [3.05, 3.63) is 35.9 Å². The molecule has 1 aromatic rings. The van der Waals surface area contributed by atoms with Crippen LogP contribution in [-0.4, -0.2) is 42.1 Å². The van der Waals surface area contributed by atoms with E-state index in [1.807, 2.05) is 51.1 Å². The maximum Gasteiger partial charge on any atom is 0.407 e. The van der Waals surface area contributed by atoms with E-state index in [1.165, 1.54) is 0 Å². The van der Waals surface area contributed by atoms with Crippen molar-refractivity contribution >= 4 is 12.0 Å². The van der Waals surface area contributed by atoms with Crippen molar-refractivity contribution in [1.29, 1.82) is 0 Å². The molecule has 1 fully saturated rings. The summed E-state index contributed by atoms with van der Waals surface area (Å²) in [6.07, 6.45) is 1.44. The van der Waals surface area contributed by atoms with Gasteiger partial charge in [0.1, 0.15) is 11.6 Å². The second-order valence-corrected chi connectivity index (χ2v) is 7.58. The lowest BCUT2D eigenvalue weighted by Gasteiger charge is -2.36. The average molecular weight is 347 g/mol. The number of hydrogen-bond acceptors (Lipinski definition) is 4. The van der Waals surface area contributed by atoms with E-state index in [2.05, 4.69) is 10.2 Å². The molecule has 0 aromatic heterocycles. The highest BCUT2D eigenvalue weighted by Crippen LogP contribution is 2.26. The van der Waals surface area contributed by atoms with Crippen molar-refractivity contribution in [2.24, 2.45) is 11.7 Å². The number of alkyl carbamates (subject to hydrolysis) is 1. The third-order valence-corrected chi connectivity index (χ3v) is 4.33. The zero-order chi connectivity index (χ0) is 18.4. The van der Waals surface area contributed by atoms with Crippen LogP contribution in [0.1, 0.15) is 45.2 Å². The molecule has 1 atom stereocenters. The number of ether oxygens (including phenoxy) is 1. The van der Waals surface area contributed by atoms with E-state index in [4.69, 9.17) is 10.5 Å². The molecule has 138 valence electrons. The van der Waals surface area contributed by atoms with Gasteiger partial charge in [0.15, 0.2) is 0 Å². The maximum atomic E-state index is 11.9. The van der Waals surface area contributed by atoms with Crippen LogP contribution >= 0.6 is 0 Å². The molecule has 2 amide bonds. The molecule has 0 bridgehead atoms. The molecule has 3 N–H and O–H groups in total. The maximum absolute atomic E-state index is 11.9. The van der Waals surface area contributed by atoms with Crippen LogP contribution in [0.15, 0.2) is 30.3 Å². The van der Waals surface area contributed by atoms with Crippen molar-refractivity contribution in [3.63, 3.8) is 0 Å². The van der Waals surface area contributed by atoms with Gasteiger partial charge in [-0.1, -0.05) is 30.3 Å². The molecule has 0 unspecified atom stereocenters. The highest BCUT2D eigenvalue weighted by atomic mass is 16.6. The quantitative estimate of drug-likeness (QED) is 0.857. The molecule has 1 saturated heterocycles. The number of amides is 2. The Balaban J connectivity index is 1.84. The molecule has 0 spiro atoms. The Hall–Kier alpha value is -2.08. The average Bonchev–Trinajstić information content (AvgIpc) is 2.53. The first-order valence-corrected chi connectivity index (χ1v) is 8.81. The monoisotopic (exact) mass is 347 g/mol. The summed E-state index contributed by atoms with van der Waals surface area (Å²) in [7, 11) is 0. The number of hydrogen-bond donors (Lipinski definition) is 2. The molecule has 1 heterocycles. The van der Waals surface area contributed by atoms with Crippen LogP contribution in [0.2, 0.25) is 0 Å². The van der Waals surface area contributed by atoms with E-state index >= 15 is 0 Å². The number of likely N-dealkylation sites (tertiary alicyclic amines) is 1. The number of nitrogens with one attached hydrogen (secondary N) is 1. The first-order valence-electron chi connectivity index (χ1n) is 8.81. The van der Waals surface area contributed by atoms with E-state index in [0.717, 1.165) is 31.5 Å². The normalized spacial score (nSPS) is 17.7. The lowest BCUT2D eigenvalue weighted by atomic mass is 9.94. The second kappa shape index (κ2) is 8.34. The Morgan fingerprint density at radius 2 is 1.84 bits per heavy atom. The SMILES string of the molecule is CC(C)(C)OC(=O)NCC1CCN([C@H](C(N)=O)c2ccccc2)CC1. The molecule has 2 rings (SSSR count). The van der Waals surface area contributed by atoms with Crippen LogP contribution in [-0.2, 0) is 9.53 Å². The fourth-order valence-electron chi connectivity index (χ4n) is 3.15. The number of piperidine rings is 1. The predicted octanol–water partition coefficient (Wildman–Crippen LogP) is 2.45. The molecule has 6 heteroatoms. The Bertz CT molecular complexity index is 575. The van der Waals surface area contributed by atoms with Gasteiger partial charge in [0.05, 0.1) is 0 Å². The Kier molecular flexibility index (Phi) is 6.42. The fourth-order valence-corrected chi connectivity index (χ4v) is 3.15. The van der Waals surface area contributed by atoms with Crippen molar-refractivity contribution < 1.29 is 14.3 Å². The Morgan fingerprint density at radius 1 is 1.24 bits per heavy atom. The summed E-state index contributed by atoms with van der Waals surface area (Å²) < 4.78 is 5.26. The number of primary amides is 1. The summed E-state index contributed by atoms with van der Waals surface area (Å²) >= 11 is 0. The molecule has 0 saturated carbocycles. The molecule has 1 aromatic carbocycles. The number of carbonyl (C=O) groups excluding carboxylic acids is 2. The van der Waals surface area contributed by atoms with E-state index in [-0.39, 0.29) is 18.0 Å². The predicted molar refractivity (Wildman–Crippen MR) is 96.9 cm³/mol. The van der Waals surface area contributed by atoms with Gasteiger partial charge in [-0.05, 0) is 58.2 Å². The van der Waals surface area contributed by atoms with E-state index < -0.39 is 5.60 Å². The van der Waals surface area contributed by atoms with Gasteiger partial charge in [-0.3, -0.25) is 9.69 Å². The van der Waals surface area contributed by atoms with Gasteiger partial charge < -0.3 is 15.8 Å². The minimum atomic E-state index is -0.488. The highest BCUT2D eigenvalue weighted by molar-refractivity contribution is 5.81. The van der Waals surface area contributed by atoms with Crippen molar-refractivity contribution in [2.75, 3.05) is 19.6 Å². The lowest BCUT2D eigenvalue weighted by Crippen LogP contribution is -2.44. The number of nitrogens with two attached hydrogens (primary N) is 1. The van der Waals surface area contributed by atoms with Crippen LogP contribution in [0, 0.1) is 5.92 Å². The molecule has 6 nitrogen and oxygen atoms in total. The summed E-state index contributed by atoms with van der Waals surface area (Å²) in [5.41, 5.74) is 6.08. The molecular formula is C19H29N3O3. The first kappa shape index (κ1) is 19.2. The number of rotatable bonds is 5. The van der Waals surface area contributed by atoms with Crippen molar-refractivity contribution in [2.45, 2.75) is 45.3 Å². The van der Waals surface area contributed by atoms with E-state index in [1.54, 1.807) is 0 Å². The number of nitrogens with zero attached hydrogens (tertiary/aromatic N) is 1. The van der Waals surface area contributed by atoms with Gasteiger partial charge in [0.2, 0.25) is 5.91 Å². The summed E-state index contributed by atoms with van der Waals surface area (Å²) in [5.74, 6) is 0.0598. The van der Waals surface area contributed by atoms with Gasteiger partial charge in [0.25, 0.3) is 0 Å². The minimum absolute atomic E-state index is 0.323. The van der Waals surface area contributed by atoms with Crippen LogP contribution in [0.5, 0.6) is 0 Å². The molecule has 25 heavy (non-hydrogen) atoms. The fraction of sp³-hybridized carbons (Fsp3) is 0.579. The van der Waals surface area contributed by atoms with Crippen LogP contribution < -0.4 is 11.1 Å². The highest BCUT2D eigenvalue weighted by Gasteiger charge is 2.29. The molecule has 1 aliphatic heterocycles. The molecule has 0 aliphatic carbocycles. The number of benzene rings is 1. The third-order valence-electron chi connectivity index (χ3n) is 4.33. The van der Waals surface area contributed by atoms with Crippen LogP contribution in [0.4, 0.5) is 4.79 Å². The minimum Gasteiger partial charge on any atom is -0.444 e. The van der Waals surface area contributed by atoms with E-state index in [9.17, 15) is 9.59 Å². The van der Waals surface area contributed by atoms with Gasteiger partial charge in [-0.25, -0.2) is 4.79 Å². The largest absolute Gasteiger partial charge is 0.444 e. The Morgan fingerprint density at radius 3 is 2.36 bits per heavy atom. The third kappa shape index (κ3) is 6.05. The first-order chi connectivity index (χ1) is 11.8. The van der Waals surface area contributed by atoms with Crippen LogP contribution in [0.25, 0.3) is 0 Å². The number of carbonyl (C=O) groups is 2. The zero-order valence-corrected chi connectivity index (χ0v) is 15.3. The van der Waals surface area contributed by atoms with Crippen molar-refractivity contribution in [1.82, 2.24) is 10.2 Å². The Labute approximate surface area is 149 Å². The van der Waals surface area contributed by atoms with Gasteiger partial charge in [-0.15, -0.1) is 0 Å². The summed E-state index contributed by atoms with van der Waals surface area (Å²) in [6.45, 7) is 7.69. The topological polar surface area (TPSA) is 84.7 Å². The summed E-state index contributed by atoms with van der Waals surface area (Å²) in [5, 5.41) is 2.84. The van der Waals surface area contributed by atoms with Crippen LogP contribution in [0.3, 0.4) is 0 Å². The molecular weight excluding hydrogens is 318 g/mol. The summed E-state index contributed by atoms with van der Waals surface area (Å²) in [6, 6.07) is 9.25. The molecule has 1 aliphatic rings. The van der Waals surface area contributed by atoms with Crippen molar-refractivity contribution in [3.8, 4) is 0 Å². The summed E-state index contributed by atoms with van der Waals surface area (Å²) in [4.78, 5) is 25.8. The smallest absolute Gasteiger partial charge is 0.407 e. The standard InChI is InChI=1S/C19H29N3O3/c1-19(2,3)25-18(24)21-13-14-9-11-22(12-10-14)16(17(20)23)15-7-5-4-6-8-15/h4-8,14,16H,9-13H2,1-3H3,(H2,20,23)(H,21,24)/t16-/m0/s1. The van der Waals surface area contributed by atoms with Gasteiger partial charge in [0, 0.05) is 6.54 Å².